The first-order valence-electron chi connectivity index (χ1n) is 5.72. The quantitative estimate of drug-likeness (QED) is 0.607. The minimum absolute atomic E-state index is 0. The number of hydrogen-bond acceptors (Lipinski definition) is 3. The fourth-order valence-electron chi connectivity index (χ4n) is 1.26. The third-order valence-electron chi connectivity index (χ3n) is 2.18. The van der Waals surface area contributed by atoms with E-state index in [1.807, 2.05) is 20.9 Å². The van der Waals surface area contributed by atoms with E-state index in [1.54, 1.807) is 0 Å². The first-order valence-corrected chi connectivity index (χ1v) is 5.72. The summed E-state index contributed by atoms with van der Waals surface area (Å²) in [4.78, 5) is 11.4. The van der Waals surface area contributed by atoms with Crippen LogP contribution in [-0.2, 0) is 9.53 Å². The number of halogens is 1. The number of carbonyl (C=O) groups is 1. The Morgan fingerprint density at radius 3 is 2.62 bits per heavy atom. The molecule has 0 aliphatic carbocycles. The monoisotopic (exact) mass is 252 g/mol. The van der Waals surface area contributed by atoms with Crippen molar-refractivity contribution in [3.05, 3.63) is 0 Å². The second-order valence-corrected chi connectivity index (χ2v) is 3.65. The molecule has 1 unspecified atom stereocenters. The molecule has 0 spiro atoms. The van der Waals surface area contributed by atoms with E-state index < -0.39 is 0 Å². The van der Waals surface area contributed by atoms with Crippen LogP contribution in [0.15, 0.2) is 0 Å². The van der Waals surface area contributed by atoms with Crippen LogP contribution in [0.4, 0.5) is 0 Å². The van der Waals surface area contributed by atoms with E-state index in [2.05, 4.69) is 10.6 Å². The van der Waals surface area contributed by atoms with E-state index in [0.29, 0.717) is 0 Å². The minimum atomic E-state index is 0. The van der Waals surface area contributed by atoms with Crippen LogP contribution in [0.3, 0.4) is 0 Å². The van der Waals surface area contributed by atoms with Crippen LogP contribution in [0.2, 0.25) is 0 Å². The highest BCUT2D eigenvalue weighted by molar-refractivity contribution is 5.85. The SMILES string of the molecule is CCOCCCCNC(=O)C(C)CNC.Cl. The maximum atomic E-state index is 11.4. The summed E-state index contributed by atoms with van der Waals surface area (Å²) in [6.07, 6.45) is 1.99. The lowest BCUT2D eigenvalue weighted by Gasteiger charge is -2.11. The maximum absolute atomic E-state index is 11.4. The topological polar surface area (TPSA) is 50.4 Å². The van der Waals surface area contributed by atoms with Crippen molar-refractivity contribution in [2.24, 2.45) is 5.92 Å². The number of ether oxygens (including phenoxy) is 1. The molecular formula is C11H25ClN2O2. The third-order valence-corrected chi connectivity index (χ3v) is 2.18. The van der Waals surface area contributed by atoms with Gasteiger partial charge in [-0.25, -0.2) is 0 Å². The number of rotatable bonds is 9. The van der Waals surface area contributed by atoms with Gasteiger partial charge in [0.25, 0.3) is 0 Å². The third kappa shape index (κ3) is 10.2. The largest absolute Gasteiger partial charge is 0.382 e. The van der Waals surface area contributed by atoms with Crippen molar-refractivity contribution >= 4 is 18.3 Å². The first-order chi connectivity index (χ1) is 7.22. The molecule has 0 heterocycles. The van der Waals surface area contributed by atoms with Crippen molar-refractivity contribution in [2.75, 3.05) is 33.4 Å². The number of carbonyl (C=O) groups excluding carboxylic acids is 1. The average Bonchev–Trinajstić information content (AvgIpc) is 2.23. The van der Waals surface area contributed by atoms with Gasteiger partial charge in [0.05, 0.1) is 0 Å². The fourth-order valence-corrected chi connectivity index (χ4v) is 1.26. The Kier molecular flexibility index (Phi) is 14.4. The van der Waals surface area contributed by atoms with Crippen molar-refractivity contribution in [1.82, 2.24) is 10.6 Å². The van der Waals surface area contributed by atoms with E-state index in [9.17, 15) is 4.79 Å². The number of hydrogen-bond donors (Lipinski definition) is 2. The average molecular weight is 253 g/mol. The number of amides is 1. The predicted octanol–water partition coefficient (Wildman–Crippen LogP) is 1.20. The van der Waals surface area contributed by atoms with E-state index in [4.69, 9.17) is 4.74 Å². The molecule has 1 atom stereocenters. The Morgan fingerprint density at radius 1 is 1.38 bits per heavy atom. The first kappa shape index (κ1) is 18.1. The molecule has 16 heavy (non-hydrogen) atoms. The highest BCUT2D eigenvalue weighted by Gasteiger charge is 2.09. The zero-order valence-electron chi connectivity index (χ0n) is 10.5. The second kappa shape index (κ2) is 12.7. The zero-order chi connectivity index (χ0) is 11.5. The van der Waals surface area contributed by atoms with E-state index in [0.717, 1.165) is 39.1 Å². The Labute approximate surface area is 105 Å². The Bertz CT molecular complexity index is 168. The summed E-state index contributed by atoms with van der Waals surface area (Å²) in [7, 11) is 1.85. The molecule has 0 aromatic carbocycles. The molecule has 2 N–H and O–H groups in total. The highest BCUT2D eigenvalue weighted by atomic mass is 35.5. The van der Waals surface area contributed by atoms with Gasteiger partial charge in [0, 0.05) is 32.2 Å². The molecule has 0 fully saturated rings. The lowest BCUT2D eigenvalue weighted by atomic mass is 10.1. The Hall–Kier alpha value is -0.320. The Balaban J connectivity index is 0. The molecular weight excluding hydrogens is 228 g/mol. The van der Waals surface area contributed by atoms with Crippen molar-refractivity contribution in [3.63, 3.8) is 0 Å². The van der Waals surface area contributed by atoms with Crippen LogP contribution < -0.4 is 10.6 Å². The summed E-state index contributed by atoms with van der Waals surface area (Å²) >= 11 is 0. The van der Waals surface area contributed by atoms with Crippen LogP contribution in [0.25, 0.3) is 0 Å². The van der Waals surface area contributed by atoms with Crippen LogP contribution in [0.1, 0.15) is 26.7 Å². The highest BCUT2D eigenvalue weighted by Crippen LogP contribution is 1.93. The summed E-state index contributed by atoms with van der Waals surface area (Å²) in [6, 6.07) is 0. The molecule has 4 nitrogen and oxygen atoms in total. The van der Waals surface area contributed by atoms with Crippen LogP contribution in [0.5, 0.6) is 0 Å². The number of unbranched alkanes of at least 4 members (excludes halogenated alkanes) is 1. The van der Waals surface area contributed by atoms with Gasteiger partial charge in [-0.2, -0.15) is 0 Å². The fraction of sp³-hybridized carbons (Fsp3) is 0.909. The smallest absolute Gasteiger partial charge is 0.224 e. The molecule has 0 aromatic heterocycles. The van der Waals surface area contributed by atoms with E-state index in [1.165, 1.54) is 0 Å². The molecule has 0 saturated heterocycles. The molecule has 0 aliphatic rings. The molecule has 98 valence electrons. The van der Waals surface area contributed by atoms with Gasteiger partial charge >= 0.3 is 0 Å². The molecule has 0 aliphatic heterocycles. The zero-order valence-corrected chi connectivity index (χ0v) is 11.4. The molecule has 0 radical (unpaired) electrons. The van der Waals surface area contributed by atoms with Gasteiger partial charge < -0.3 is 15.4 Å². The molecule has 0 bridgehead atoms. The van der Waals surface area contributed by atoms with Gasteiger partial charge in [0.15, 0.2) is 0 Å². The van der Waals surface area contributed by atoms with Gasteiger partial charge in [0.2, 0.25) is 5.91 Å². The summed E-state index contributed by atoms with van der Waals surface area (Å²) in [5, 5.41) is 5.90. The van der Waals surface area contributed by atoms with Gasteiger partial charge in [-0.3, -0.25) is 4.79 Å². The van der Waals surface area contributed by atoms with Crippen molar-refractivity contribution in [1.29, 1.82) is 0 Å². The number of nitrogens with one attached hydrogen (secondary N) is 2. The maximum Gasteiger partial charge on any atom is 0.224 e. The summed E-state index contributed by atoms with van der Waals surface area (Å²) in [6.45, 7) is 6.95. The second-order valence-electron chi connectivity index (χ2n) is 3.65. The lowest BCUT2D eigenvalue weighted by molar-refractivity contribution is -0.124. The molecule has 1 amide bonds. The van der Waals surface area contributed by atoms with Crippen LogP contribution in [0, 0.1) is 5.92 Å². The molecule has 5 heteroatoms. The van der Waals surface area contributed by atoms with Crippen molar-refractivity contribution in [2.45, 2.75) is 26.7 Å². The summed E-state index contributed by atoms with van der Waals surface area (Å²) < 4.78 is 5.20. The summed E-state index contributed by atoms with van der Waals surface area (Å²) in [5.41, 5.74) is 0. The molecule has 0 aromatic rings. The van der Waals surface area contributed by atoms with Crippen LogP contribution in [-0.4, -0.2) is 39.3 Å². The molecule has 0 rings (SSSR count). The van der Waals surface area contributed by atoms with Crippen LogP contribution >= 0.6 is 12.4 Å². The molecule has 0 saturated carbocycles. The standard InChI is InChI=1S/C11H24N2O2.ClH/c1-4-15-8-6-5-7-13-11(14)10(2)9-12-3;/h10,12H,4-9H2,1-3H3,(H,13,14);1H. The minimum Gasteiger partial charge on any atom is -0.382 e. The van der Waals surface area contributed by atoms with Gasteiger partial charge in [-0.15, -0.1) is 12.4 Å². The lowest BCUT2D eigenvalue weighted by Crippen LogP contribution is -2.34. The van der Waals surface area contributed by atoms with Crippen molar-refractivity contribution < 1.29 is 9.53 Å². The predicted molar refractivity (Wildman–Crippen MR) is 69.1 cm³/mol. The van der Waals surface area contributed by atoms with Gasteiger partial charge in [-0.05, 0) is 26.8 Å². The van der Waals surface area contributed by atoms with Gasteiger partial charge in [-0.1, -0.05) is 6.92 Å². The normalized spacial score (nSPS) is 11.7. The van der Waals surface area contributed by atoms with Gasteiger partial charge in [0.1, 0.15) is 0 Å². The Morgan fingerprint density at radius 2 is 2.06 bits per heavy atom. The van der Waals surface area contributed by atoms with Crippen molar-refractivity contribution in [3.8, 4) is 0 Å². The summed E-state index contributed by atoms with van der Waals surface area (Å²) in [5.74, 6) is 0.169. The van der Waals surface area contributed by atoms with E-state index >= 15 is 0 Å². The van der Waals surface area contributed by atoms with E-state index in [-0.39, 0.29) is 24.2 Å².